The molecule has 0 saturated heterocycles. The highest BCUT2D eigenvalue weighted by Crippen LogP contribution is 2.25. The number of pyridine rings is 1. The minimum absolute atomic E-state index is 0.0229. The summed E-state index contributed by atoms with van der Waals surface area (Å²) in [4.78, 5) is 20.5. The molecule has 0 aliphatic heterocycles. The second-order valence-electron chi connectivity index (χ2n) is 6.05. The summed E-state index contributed by atoms with van der Waals surface area (Å²) < 4.78 is 50.6. The van der Waals surface area contributed by atoms with E-state index in [4.69, 9.17) is 9.26 Å². The van der Waals surface area contributed by atoms with Crippen LogP contribution in [0.4, 0.5) is 13.2 Å². The Morgan fingerprint density at radius 2 is 1.73 bits per heavy atom. The number of nitrogens with zero attached hydrogens (tertiary/aromatic N) is 3. The largest absolute Gasteiger partial charge is 0.573 e. The van der Waals surface area contributed by atoms with Gasteiger partial charge in [-0.05, 0) is 36.4 Å². The molecule has 2 aromatic heterocycles. The van der Waals surface area contributed by atoms with E-state index in [1.807, 2.05) is 18.2 Å². The van der Waals surface area contributed by atoms with Gasteiger partial charge in [0.05, 0.1) is 5.52 Å². The molecular formula is C20H12F3N3O4. The van der Waals surface area contributed by atoms with Gasteiger partial charge in [0.15, 0.2) is 6.61 Å². The molecule has 10 heteroatoms. The van der Waals surface area contributed by atoms with Gasteiger partial charge in [0.2, 0.25) is 5.82 Å². The average Bonchev–Trinajstić information content (AvgIpc) is 3.20. The number of halogens is 3. The third-order valence-electron chi connectivity index (χ3n) is 3.95. The lowest BCUT2D eigenvalue weighted by Gasteiger charge is -2.08. The number of alkyl halides is 3. The summed E-state index contributed by atoms with van der Waals surface area (Å²) in [6, 6.07) is 15.6. The Morgan fingerprint density at radius 3 is 2.50 bits per heavy atom. The maximum absolute atomic E-state index is 12.2. The molecule has 0 saturated carbocycles. The van der Waals surface area contributed by atoms with Gasteiger partial charge in [0.25, 0.3) is 5.89 Å². The summed E-state index contributed by atoms with van der Waals surface area (Å²) in [7, 11) is 0. The van der Waals surface area contributed by atoms with Crippen molar-refractivity contribution in [2.75, 3.05) is 0 Å². The number of aromatic nitrogens is 3. The van der Waals surface area contributed by atoms with Crippen LogP contribution in [0.1, 0.15) is 16.4 Å². The van der Waals surface area contributed by atoms with Crippen molar-refractivity contribution in [2.24, 2.45) is 0 Å². The number of benzene rings is 2. The van der Waals surface area contributed by atoms with Crippen LogP contribution in [0.25, 0.3) is 22.3 Å². The molecule has 152 valence electrons. The highest BCUT2D eigenvalue weighted by molar-refractivity contribution is 5.90. The standard InChI is InChI=1S/C20H12F3N3O4/c21-20(22,23)29-14-8-5-13(6-9-14)18-25-17(30-26-18)11-28-19(27)16-10-7-12-3-1-2-4-15(12)24-16/h1-10H,11H2. The molecular weight excluding hydrogens is 403 g/mol. The van der Waals surface area contributed by atoms with Crippen LogP contribution in [0.5, 0.6) is 5.75 Å². The molecule has 7 nitrogen and oxygen atoms in total. The quantitative estimate of drug-likeness (QED) is 0.442. The Labute approximate surface area is 167 Å². The fourth-order valence-corrected chi connectivity index (χ4v) is 2.62. The van der Waals surface area contributed by atoms with Gasteiger partial charge in [-0.25, -0.2) is 9.78 Å². The van der Waals surface area contributed by atoms with Gasteiger partial charge >= 0.3 is 12.3 Å². The number of para-hydroxylation sites is 1. The number of hydrogen-bond donors (Lipinski definition) is 0. The summed E-state index contributed by atoms with van der Waals surface area (Å²) in [5.74, 6) is -0.876. The normalized spacial score (nSPS) is 11.4. The van der Waals surface area contributed by atoms with E-state index in [0.717, 1.165) is 17.5 Å². The average molecular weight is 415 g/mol. The zero-order valence-corrected chi connectivity index (χ0v) is 15.1. The van der Waals surface area contributed by atoms with Crippen molar-refractivity contribution >= 4 is 16.9 Å². The molecule has 0 fully saturated rings. The van der Waals surface area contributed by atoms with E-state index in [9.17, 15) is 18.0 Å². The molecule has 0 aliphatic carbocycles. The van der Waals surface area contributed by atoms with Gasteiger partial charge in [0, 0.05) is 10.9 Å². The van der Waals surface area contributed by atoms with Gasteiger partial charge in [-0.2, -0.15) is 4.98 Å². The van der Waals surface area contributed by atoms with Gasteiger partial charge in [-0.3, -0.25) is 0 Å². The maximum atomic E-state index is 12.2. The SMILES string of the molecule is O=C(OCc1nc(-c2ccc(OC(F)(F)F)cc2)no1)c1ccc2ccccc2n1. The van der Waals surface area contributed by atoms with E-state index < -0.39 is 12.3 Å². The van der Waals surface area contributed by atoms with Crippen LogP contribution in [-0.4, -0.2) is 27.5 Å². The van der Waals surface area contributed by atoms with Crippen LogP contribution >= 0.6 is 0 Å². The molecule has 4 rings (SSSR count). The van der Waals surface area contributed by atoms with E-state index in [0.29, 0.717) is 11.1 Å². The number of esters is 1. The Balaban J connectivity index is 1.40. The highest BCUT2D eigenvalue weighted by atomic mass is 19.4. The second kappa shape index (κ2) is 7.82. The summed E-state index contributed by atoms with van der Waals surface area (Å²) in [5.41, 5.74) is 1.20. The van der Waals surface area contributed by atoms with Crippen molar-refractivity contribution in [3.63, 3.8) is 0 Å². The molecule has 2 aromatic carbocycles. The molecule has 0 radical (unpaired) electrons. The van der Waals surface area contributed by atoms with Crippen LogP contribution < -0.4 is 4.74 Å². The first-order valence-electron chi connectivity index (χ1n) is 8.59. The lowest BCUT2D eigenvalue weighted by molar-refractivity contribution is -0.274. The lowest BCUT2D eigenvalue weighted by atomic mass is 10.2. The van der Waals surface area contributed by atoms with Crippen molar-refractivity contribution in [2.45, 2.75) is 13.0 Å². The molecule has 2 heterocycles. The van der Waals surface area contributed by atoms with E-state index >= 15 is 0 Å². The first-order valence-corrected chi connectivity index (χ1v) is 8.59. The Bertz CT molecular complexity index is 1190. The van der Waals surface area contributed by atoms with Crippen LogP contribution in [-0.2, 0) is 11.3 Å². The third kappa shape index (κ3) is 4.54. The maximum Gasteiger partial charge on any atom is 0.573 e. The summed E-state index contributed by atoms with van der Waals surface area (Å²) in [6.07, 6.45) is -4.77. The lowest BCUT2D eigenvalue weighted by Crippen LogP contribution is -2.16. The Hall–Kier alpha value is -3.95. The molecule has 0 amide bonds. The Kier molecular flexibility index (Phi) is 5.05. The molecule has 0 N–H and O–H groups in total. The fraction of sp³-hybridized carbons (Fsp3) is 0.100. The van der Waals surface area contributed by atoms with Crippen LogP contribution in [0.15, 0.2) is 65.2 Å². The van der Waals surface area contributed by atoms with Gasteiger partial charge in [-0.15, -0.1) is 13.2 Å². The van der Waals surface area contributed by atoms with Crippen molar-refractivity contribution in [1.82, 2.24) is 15.1 Å². The van der Waals surface area contributed by atoms with Crippen molar-refractivity contribution in [1.29, 1.82) is 0 Å². The zero-order chi connectivity index (χ0) is 21.1. The van der Waals surface area contributed by atoms with Gasteiger partial charge < -0.3 is 14.0 Å². The minimum atomic E-state index is -4.77. The van der Waals surface area contributed by atoms with Crippen molar-refractivity contribution in [3.05, 3.63) is 72.2 Å². The number of fused-ring (bicyclic) bond motifs is 1. The molecule has 0 spiro atoms. The van der Waals surface area contributed by atoms with Crippen LogP contribution in [0, 0.1) is 0 Å². The van der Waals surface area contributed by atoms with Gasteiger partial charge in [-0.1, -0.05) is 29.4 Å². The van der Waals surface area contributed by atoms with Crippen LogP contribution in [0.3, 0.4) is 0 Å². The molecule has 0 bridgehead atoms. The second-order valence-corrected chi connectivity index (χ2v) is 6.05. The number of hydrogen-bond acceptors (Lipinski definition) is 7. The molecule has 4 aromatic rings. The summed E-state index contributed by atoms with van der Waals surface area (Å²) in [6.45, 7) is -0.282. The summed E-state index contributed by atoms with van der Waals surface area (Å²) >= 11 is 0. The van der Waals surface area contributed by atoms with E-state index in [1.54, 1.807) is 18.2 Å². The summed E-state index contributed by atoms with van der Waals surface area (Å²) in [5, 5.41) is 4.62. The molecule has 30 heavy (non-hydrogen) atoms. The van der Waals surface area contributed by atoms with E-state index in [-0.39, 0.29) is 29.8 Å². The number of ether oxygens (including phenoxy) is 2. The number of carbonyl (C=O) groups is 1. The van der Waals surface area contributed by atoms with E-state index in [1.165, 1.54) is 12.1 Å². The minimum Gasteiger partial charge on any atom is -0.451 e. The fourth-order valence-electron chi connectivity index (χ4n) is 2.62. The molecule has 0 aliphatic rings. The number of rotatable bonds is 5. The molecule has 0 unspecified atom stereocenters. The van der Waals surface area contributed by atoms with E-state index in [2.05, 4.69) is 19.9 Å². The van der Waals surface area contributed by atoms with Crippen molar-refractivity contribution < 1.29 is 32.0 Å². The first-order chi connectivity index (χ1) is 14.4. The zero-order valence-electron chi connectivity index (χ0n) is 15.1. The molecule has 0 atom stereocenters. The van der Waals surface area contributed by atoms with Crippen molar-refractivity contribution in [3.8, 4) is 17.1 Å². The first kappa shape index (κ1) is 19.4. The van der Waals surface area contributed by atoms with Crippen LogP contribution in [0.2, 0.25) is 0 Å². The predicted molar refractivity (Wildman–Crippen MR) is 97.3 cm³/mol. The van der Waals surface area contributed by atoms with Gasteiger partial charge in [0.1, 0.15) is 11.4 Å². The number of carbonyl (C=O) groups excluding carboxylic acids is 1. The highest BCUT2D eigenvalue weighted by Gasteiger charge is 2.31. The predicted octanol–water partition coefficient (Wildman–Crippen LogP) is 4.54. The Morgan fingerprint density at radius 1 is 0.967 bits per heavy atom. The smallest absolute Gasteiger partial charge is 0.451 e. The topological polar surface area (TPSA) is 87.3 Å². The monoisotopic (exact) mass is 415 g/mol. The third-order valence-corrected chi connectivity index (χ3v) is 3.95.